The predicted molar refractivity (Wildman–Crippen MR) is 86.4 cm³/mol. The van der Waals surface area contributed by atoms with Crippen molar-refractivity contribution in [2.45, 2.75) is 18.6 Å². The van der Waals surface area contributed by atoms with E-state index >= 15 is 0 Å². The van der Waals surface area contributed by atoms with Crippen LogP contribution in [0.25, 0.3) is 6.08 Å². The lowest BCUT2D eigenvalue weighted by Gasteiger charge is -2.16. The molecule has 1 aromatic carbocycles. The molecule has 0 radical (unpaired) electrons. The van der Waals surface area contributed by atoms with Crippen LogP contribution in [0.3, 0.4) is 0 Å². The Balaban J connectivity index is 2.00. The number of nitro benzene ring substituents is 1. The maximum absolute atomic E-state index is 11.8. The summed E-state index contributed by atoms with van der Waals surface area (Å²) in [6.07, 6.45) is 4.20. The van der Waals surface area contributed by atoms with Gasteiger partial charge < -0.3 is 0 Å². The number of rotatable bonds is 4. The molecule has 1 atom stereocenters. The Bertz CT molecular complexity index is 670. The summed E-state index contributed by atoms with van der Waals surface area (Å²) in [5.41, 5.74) is 0.633. The zero-order valence-corrected chi connectivity index (χ0v) is 13.3. The molecule has 1 aliphatic heterocycles. The molecule has 1 saturated heterocycles. The molecule has 6 nitrogen and oxygen atoms in total. The number of benzene rings is 1. The van der Waals surface area contributed by atoms with E-state index in [4.69, 9.17) is 0 Å². The van der Waals surface area contributed by atoms with Crippen LogP contribution in [0.2, 0.25) is 0 Å². The van der Waals surface area contributed by atoms with Gasteiger partial charge in [0, 0.05) is 19.2 Å². The van der Waals surface area contributed by atoms with E-state index in [1.54, 1.807) is 31.2 Å². The highest BCUT2D eigenvalue weighted by Gasteiger charge is 2.25. The molecule has 22 heavy (non-hydrogen) atoms. The monoisotopic (exact) mass is 324 g/mol. The SMILES string of the molecule is C[C@@H]1CCN(C/C=C/c2ccccc2[N+](=O)[O-])CCS1(=O)=O. The molecule has 0 bridgehead atoms. The van der Waals surface area contributed by atoms with E-state index in [0.717, 1.165) is 6.54 Å². The van der Waals surface area contributed by atoms with Gasteiger partial charge in [-0.1, -0.05) is 24.3 Å². The van der Waals surface area contributed by atoms with Crippen molar-refractivity contribution in [3.63, 3.8) is 0 Å². The summed E-state index contributed by atoms with van der Waals surface area (Å²) >= 11 is 0. The van der Waals surface area contributed by atoms with Crippen LogP contribution in [-0.2, 0) is 9.84 Å². The van der Waals surface area contributed by atoms with E-state index in [-0.39, 0.29) is 16.7 Å². The Morgan fingerprint density at radius 1 is 1.36 bits per heavy atom. The van der Waals surface area contributed by atoms with Gasteiger partial charge in [-0.3, -0.25) is 15.0 Å². The molecule has 2 rings (SSSR count). The molecular weight excluding hydrogens is 304 g/mol. The predicted octanol–water partition coefficient (Wildman–Crippen LogP) is 2.12. The maximum Gasteiger partial charge on any atom is 0.276 e. The lowest BCUT2D eigenvalue weighted by molar-refractivity contribution is -0.385. The molecule has 120 valence electrons. The van der Waals surface area contributed by atoms with Crippen molar-refractivity contribution in [1.29, 1.82) is 0 Å². The first kappa shape index (κ1) is 16.6. The molecular formula is C15H20N2O4S. The minimum atomic E-state index is -2.98. The van der Waals surface area contributed by atoms with Gasteiger partial charge in [0.05, 0.1) is 21.5 Å². The molecule has 0 unspecified atom stereocenters. The van der Waals surface area contributed by atoms with E-state index in [0.29, 0.717) is 25.1 Å². The Hall–Kier alpha value is -1.73. The molecule has 0 N–H and O–H groups in total. The van der Waals surface area contributed by atoms with Gasteiger partial charge >= 0.3 is 0 Å². The van der Waals surface area contributed by atoms with Crippen LogP contribution < -0.4 is 0 Å². The van der Waals surface area contributed by atoms with Gasteiger partial charge in [0.15, 0.2) is 9.84 Å². The third-order valence-electron chi connectivity index (χ3n) is 3.95. The van der Waals surface area contributed by atoms with Crippen molar-refractivity contribution in [3.05, 3.63) is 46.0 Å². The molecule has 0 saturated carbocycles. The first-order chi connectivity index (χ1) is 10.4. The lowest BCUT2D eigenvalue weighted by Crippen LogP contribution is -2.27. The van der Waals surface area contributed by atoms with Gasteiger partial charge in [-0.15, -0.1) is 0 Å². The molecule has 1 heterocycles. The second kappa shape index (κ2) is 7.02. The topological polar surface area (TPSA) is 80.5 Å². The van der Waals surface area contributed by atoms with Gasteiger partial charge in [0.25, 0.3) is 5.69 Å². The van der Waals surface area contributed by atoms with E-state index in [1.165, 1.54) is 6.07 Å². The maximum atomic E-state index is 11.8. The Labute approximate surface area is 130 Å². The van der Waals surface area contributed by atoms with Crippen molar-refractivity contribution in [3.8, 4) is 0 Å². The smallest absolute Gasteiger partial charge is 0.276 e. The second-order valence-corrected chi connectivity index (χ2v) is 8.02. The molecule has 1 aromatic rings. The zero-order chi connectivity index (χ0) is 16.2. The third-order valence-corrected chi connectivity index (χ3v) is 6.16. The summed E-state index contributed by atoms with van der Waals surface area (Å²) in [5.74, 6) is 0.174. The van der Waals surface area contributed by atoms with E-state index in [2.05, 4.69) is 4.90 Å². The summed E-state index contributed by atoms with van der Waals surface area (Å²) in [7, 11) is -2.98. The fourth-order valence-electron chi connectivity index (χ4n) is 2.42. The fourth-order valence-corrected chi connectivity index (χ4v) is 3.80. The molecule has 0 amide bonds. The van der Waals surface area contributed by atoms with E-state index < -0.39 is 14.8 Å². The molecule has 0 aliphatic carbocycles. The quantitative estimate of drug-likeness (QED) is 0.626. The molecule has 1 fully saturated rings. The van der Waals surface area contributed by atoms with Crippen LogP contribution in [0.15, 0.2) is 30.3 Å². The normalized spacial score (nSPS) is 22.5. The van der Waals surface area contributed by atoms with Crippen LogP contribution in [0.5, 0.6) is 0 Å². The largest absolute Gasteiger partial charge is 0.299 e. The molecule has 0 aromatic heterocycles. The number of nitro groups is 1. The minimum Gasteiger partial charge on any atom is -0.299 e. The van der Waals surface area contributed by atoms with Crippen LogP contribution in [0.1, 0.15) is 18.9 Å². The second-order valence-electron chi connectivity index (χ2n) is 5.49. The highest BCUT2D eigenvalue weighted by molar-refractivity contribution is 7.92. The summed E-state index contributed by atoms with van der Waals surface area (Å²) in [6, 6.07) is 6.56. The highest BCUT2D eigenvalue weighted by atomic mass is 32.2. The first-order valence-corrected chi connectivity index (χ1v) is 8.95. The standard InChI is InChI=1S/C15H20N2O4S/c1-13-8-10-16(11-12-22(13,20)21)9-4-6-14-5-2-3-7-15(14)17(18)19/h2-7,13H,8-12H2,1H3/b6-4+/t13-/m1/s1. The highest BCUT2D eigenvalue weighted by Crippen LogP contribution is 2.19. The van der Waals surface area contributed by atoms with Gasteiger partial charge in [0.2, 0.25) is 0 Å². The number of hydrogen-bond donors (Lipinski definition) is 0. The summed E-state index contributed by atoms with van der Waals surface area (Å²) in [6.45, 7) is 3.58. The lowest BCUT2D eigenvalue weighted by atomic mass is 10.1. The zero-order valence-electron chi connectivity index (χ0n) is 12.5. The van der Waals surface area contributed by atoms with Crippen LogP contribution in [0.4, 0.5) is 5.69 Å². The van der Waals surface area contributed by atoms with Gasteiger partial charge in [-0.05, 0) is 26.0 Å². The van der Waals surface area contributed by atoms with Gasteiger partial charge in [0.1, 0.15) is 0 Å². The summed E-state index contributed by atoms with van der Waals surface area (Å²) < 4.78 is 23.7. The minimum absolute atomic E-state index is 0.0748. The fraction of sp³-hybridized carbons (Fsp3) is 0.467. The average molecular weight is 324 g/mol. The van der Waals surface area contributed by atoms with Crippen LogP contribution in [-0.4, -0.2) is 48.9 Å². The number of para-hydroxylation sites is 1. The van der Waals surface area contributed by atoms with E-state index in [1.807, 2.05) is 6.08 Å². The Kier molecular flexibility index (Phi) is 5.31. The molecule has 7 heteroatoms. The van der Waals surface area contributed by atoms with Crippen LogP contribution >= 0.6 is 0 Å². The third kappa shape index (κ3) is 4.14. The number of sulfone groups is 1. The van der Waals surface area contributed by atoms with Crippen molar-refractivity contribution >= 4 is 21.6 Å². The summed E-state index contributed by atoms with van der Waals surface area (Å²) in [4.78, 5) is 12.6. The van der Waals surface area contributed by atoms with Crippen LogP contribution in [0, 0.1) is 10.1 Å². The van der Waals surface area contributed by atoms with Crippen molar-refractivity contribution < 1.29 is 13.3 Å². The van der Waals surface area contributed by atoms with Crippen molar-refractivity contribution in [2.24, 2.45) is 0 Å². The first-order valence-electron chi connectivity index (χ1n) is 7.24. The number of nitrogens with zero attached hydrogens (tertiary/aromatic N) is 2. The average Bonchev–Trinajstić information content (AvgIpc) is 2.60. The van der Waals surface area contributed by atoms with Crippen molar-refractivity contribution in [1.82, 2.24) is 4.90 Å². The molecule has 1 aliphatic rings. The van der Waals surface area contributed by atoms with E-state index in [9.17, 15) is 18.5 Å². The van der Waals surface area contributed by atoms with Gasteiger partial charge in [-0.2, -0.15) is 0 Å². The Morgan fingerprint density at radius 3 is 2.82 bits per heavy atom. The van der Waals surface area contributed by atoms with Crippen molar-refractivity contribution in [2.75, 3.05) is 25.4 Å². The number of hydrogen-bond acceptors (Lipinski definition) is 5. The summed E-state index contributed by atoms with van der Waals surface area (Å²) in [5, 5.41) is 10.6. The molecule has 0 spiro atoms. The Morgan fingerprint density at radius 2 is 2.09 bits per heavy atom. The van der Waals surface area contributed by atoms with Gasteiger partial charge in [-0.25, -0.2) is 8.42 Å².